The van der Waals surface area contributed by atoms with Crippen molar-refractivity contribution < 1.29 is 0 Å². The molecule has 1 fully saturated rings. The van der Waals surface area contributed by atoms with E-state index in [9.17, 15) is 0 Å². The summed E-state index contributed by atoms with van der Waals surface area (Å²) < 4.78 is 0. The fourth-order valence-electron chi connectivity index (χ4n) is 3.22. The van der Waals surface area contributed by atoms with E-state index in [0.717, 1.165) is 0 Å². The molecule has 1 heterocycles. The van der Waals surface area contributed by atoms with Crippen LogP contribution >= 0.6 is 0 Å². The molecule has 2 aromatic carbocycles. The van der Waals surface area contributed by atoms with Crippen LogP contribution in [0, 0.1) is 0 Å². The van der Waals surface area contributed by atoms with Gasteiger partial charge in [-0.05, 0) is 44.0 Å². The lowest BCUT2D eigenvalue weighted by molar-refractivity contribution is 0.177. The maximum atomic E-state index is 2.62. The molecule has 1 aliphatic heterocycles. The Morgan fingerprint density at radius 2 is 1.16 bits per heavy atom. The second-order valence-corrected chi connectivity index (χ2v) is 5.50. The largest absolute Gasteiger partial charge is 0.290 e. The van der Waals surface area contributed by atoms with E-state index in [4.69, 9.17) is 0 Å². The van der Waals surface area contributed by atoms with Gasteiger partial charge in [0, 0.05) is 0 Å². The summed E-state index contributed by atoms with van der Waals surface area (Å²) in [6, 6.07) is 21.8. The van der Waals surface area contributed by atoms with E-state index >= 15 is 0 Å². The molecule has 1 heteroatoms. The first-order chi connectivity index (χ1) is 9.32. The molecule has 0 radical (unpaired) electrons. The van der Waals surface area contributed by atoms with Crippen molar-refractivity contribution >= 4 is 0 Å². The number of hydrogen-bond donors (Lipinski definition) is 0. The minimum atomic E-state index is -0.000972. The van der Waals surface area contributed by atoms with Gasteiger partial charge in [0.1, 0.15) is 0 Å². The summed E-state index contributed by atoms with van der Waals surface area (Å²) in [4.78, 5) is 2.62. The second-order valence-electron chi connectivity index (χ2n) is 5.50. The van der Waals surface area contributed by atoms with Gasteiger partial charge in [-0.2, -0.15) is 0 Å². The van der Waals surface area contributed by atoms with E-state index in [1.165, 1.54) is 37.1 Å². The first-order valence-electron chi connectivity index (χ1n) is 7.18. The lowest BCUT2D eigenvalue weighted by atomic mass is 9.83. The normalized spacial score (nSPS) is 16.7. The van der Waals surface area contributed by atoms with Crippen molar-refractivity contribution in [3.05, 3.63) is 71.8 Å². The standard InChI is InChI=1S/C18H21N/c1-18(19-14-8-9-15-19,16-10-4-2-5-11-16)17-12-6-3-7-13-17/h2-7,10-13H,8-9,14-15H2,1H3. The average Bonchev–Trinajstić information content (AvgIpc) is 3.03. The van der Waals surface area contributed by atoms with Gasteiger partial charge in [0.25, 0.3) is 0 Å². The highest BCUT2D eigenvalue weighted by molar-refractivity contribution is 5.37. The van der Waals surface area contributed by atoms with Crippen LogP contribution < -0.4 is 0 Å². The molecule has 0 aromatic heterocycles. The fraction of sp³-hybridized carbons (Fsp3) is 0.333. The van der Waals surface area contributed by atoms with Crippen molar-refractivity contribution in [2.45, 2.75) is 25.3 Å². The van der Waals surface area contributed by atoms with Crippen LogP contribution in [0.2, 0.25) is 0 Å². The highest BCUT2D eigenvalue weighted by Crippen LogP contribution is 2.37. The van der Waals surface area contributed by atoms with E-state index in [1.807, 2.05) is 0 Å². The highest BCUT2D eigenvalue weighted by atomic mass is 15.2. The molecule has 1 nitrogen and oxygen atoms in total. The molecule has 98 valence electrons. The highest BCUT2D eigenvalue weighted by Gasteiger charge is 2.36. The molecule has 0 bridgehead atoms. The Morgan fingerprint density at radius 1 is 0.737 bits per heavy atom. The van der Waals surface area contributed by atoms with Crippen LogP contribution in [0.25, 0.3) is 0 Å². The van der Waals surface area contributed by atoms with Gasteiger partial charge in [0.2, 0.25) is 0 Å². The number of rotatable bonds is 3. The van der Waals surface area contributed by atoms with Gasteiger partial charge in [0.05, 0.1) is 5.54 Å². The maximum absolute atomic E-state index is 2.62. The first kappa shape index (κ1) is 12.4. The van der Waals surface area contributed by atoms with E-state index in [-0.39, 0.29) is 5.54 Å². The molecule has 19 heavy (non-hydrogen) atoms. The van der Waals surface area contributed by atoms with Gasteiger partial charge < -0.3 is 0 Å². The lowest BCUT2D eigenvalue weighted by Crippen LogP contribution is -2.43. The van der Waals surface area contributed by atoms with Crippen molar-refractivity contribution in [3.63, 3.8) is 0 Å². The average molecular weight is 251 g/mol. The van der Waals surface area contributed by atoms with Gasteiger partial charge in [0.15, 0.2) is 0 Å². The Balaban J connectivity index is 2.10. The molecule has 1 aliphatic rings. The topological polar surface area (TPSA) is 3.24 Å². The van der Waals surface area contributed by atoms with Gasteiger partial charge in [-0.1, -0.05) is 60.7 Å². The molecule has 1 saturated heterocycles. The van der Waals surface area contributed by atoms with Crippen LogP contribution in [0.4, 0.5) is 0 Å². The molecule has 0 atom stereocenters. The molecule has 0 aliphatic carbocycles. The van der Waals surface area contributed by atoms with Gasteiger partial charge in [-0.15, -0.1) is 0 Å². The third-order valence-corrected chi connectivity index (χ3v) is 4.41. The van der Waals surface area contributed by atoms with Crippen LogP contribution in [0.3, 0.4) is 0 Å². The zero-order chi connectivity index (χ0) is 13.1. The lowest BCUT2D eigenvalue weighted by Gasteiger charge is -2.40. The summed E-state index contributed by atoms with van der Waals surface area (Å²) >= 11 is 0. The van der Waals surface area contributed by atoms with Crippen LogP contribution in [0.1, 0.15) is 30.9 Å². The summed E-state index contributed by atoms with van der Waals surface area (Å²) in [6.07, 6.45) is 2.63. The minimum absolute atomic E-state index is 0.000972. The zero-order valence-electron chi connectivity index (χ0n) is 11.5. The third kappa shape index (κ3) is 2.19. The predicted octanol–water partition coefficient (Wildman–Crippen LogP) is 4.05. The predicted molar refractivity (Wildman–Crippen MR) is 80.1 cm³/mol. The summed E-state index contributed by atoms with van der Waals surface area (Å²) in [5.74, 6) is 0. The Bertz CT molecular complexity index is 472. The molecule has 0 spiro atoms. The first-order valence-corrected chi connectivity index (χ1v) is 7.18. The molecule has 2 aromatic rings. The van der Waals surface area contributed by atoms with Crippen molar-refractivity contribution in [1.29, 1.82) is 0 Å². The van der Waals surface area contributed by atoms with Crippen molar-refractivity contribution in [3.8, 4) is 0 Å². The molecule has 0 N–H and O–H groups in total. The monoisotopic (exact) mass is 251 g/mol. The van der Waals surface area contributed by atoms with Crippen molar-refractivity contribution in [2.24, 2.45) is 0 Å². The van der Waals surface area contributed by atoms with Gasteiger partial charge >= 0.3 is 0 Å². The maximum Gasteiger partial charge on any atom is 0.0686 e. The van der Waals surface area contributed by atoms with E-state index in [1.54, 1.807) is 0 Å². The molecular weight excluding hydrogens is 230 g/mol. The van der Waals surface area contributed by atoms with Crippen molar-refractivity contribution in [1.82, 2.24) is 4.90 Å². The van der Waals surface area contributed by atoms with Crippen LogP contribution in [0.15, 0.2) is 60.7 Å². The summed E-state index contributed by atoms with van der Waals surface area (Å²) in [7, 11) is 0. The molecule has 0 saturated carbocycles. The fourth-order valence-corrected chi connectivity index (χ4v) is 3.22. The minimum Gasteiger partial charge on any atom is -0.290 e. The molecule has 0 unspecified atom stereocenters. The Labute approximate surface area is 115 Å². The zero-order valence-corrected chi connectivity index (χ0v) is 11.5. The smallest absolute Gasteiger partial charge is 0.0686 e. The van der Waals surface area contributed by atoms with Crippen LogP contribution in [-0.2, 0) is 5.54 Å². The number of benzene rings is 2. The molecule has 3 rings (SSSR count). The second kappa shape index (κ2) is 5.18. The van der Waals surface area contributed by atoms with E-state index < -0.39 is 0 Å². The summed E-state index contributed by atoms with van der Waals surface area (Å²) in [5, 5.41) is 0. The summed E-state index contributed by atoms with van der Waals surface area (Å²) in [6.45, 7) is 4.75. The van der Waals surface area contributed by atoms with Gasteiger partial charge in [-0.3, -0.25) is 4.90 Å². The Hall–Kier alpha value is -1.60. The van der Waals surface area contributed by atoms with Gasteiger partial charge in [-0.25, -0.2) is 0 Å². The quantitative estimate of drug-likeness (QED) is 0.795. The van der Waals surface area contributed by atoms with E-state index in [2.05, 4.69) is 72.5 Å². The Kier molecular flexibility index (Phi) is 3.39. The van der Waals surface area contributed by atoms with Crippen molar-refractivity contribution in [2.75, 3.05) is 13.1 Å². The SMILES string of the molecule is CC(c1ccccc1)(c1ccccc1)N1CCCC1. The summed E-state index contributed by atoms with van der Waals surface area (Å²) in [5.41, 5.74) is 2.78. The number of likely N-dealkylation sites (tertiary alicyclic amines) is 1. The van der Waals surface area contributed by atoms with Crippen LogP contribution in [-0.4, -0.2) is 18.0 Å². The number of nitrogens with zero attached hydrogens (tertiary/aromatic N) is 1. The number of hydrogen-bond acceptors (Lipinski definition) is 1. The third-order valence-electron chi connectivity index (χ3n) is 4.41. The van der Waals surface area contributed by atoms with E-state index in [0.29, 0.717) is 0 Å². The Morgan fingerprint density at radius 3 is 1.58 bits per heavy atom. The van der Waals surface area contributed by atoms with Crippen LogP contribution in [0.5, 0.6) is 0 Å². The molecule has 0 amide bonds. The molecular formula is C18H21N.